The van der Waals surface area contributed by atoms with Crippen LogP contribution in [0.3, 0.4) is 0 Å². The predicted molar refractivity (Wildman–Crippen MR) is 80.5 cm³/mol. The summed E-state index contributed by atoms with van der Waals surface area (Å²) in [7, 11) is 0. The first kappa shape index (κ1) is 12.7. The Morgan fingerprint density at radius 1 is 0.947 bits per heavy atom. The minimum atomic E-state index is 0.178. The Kier molecular flexibility index (Phi) is 3.34. The van der Waals surface area contributed by atoms with E-state index in [4.69, 9.17) is 17.3 Å². The fraction of sp³-hybridized carbons (Fsp3) is 0.294. The van der Waals surface area contributed by atoms with Crippen molar-refractivity contribution >= 4 is 11.6 Å². The van der Waals surface area contributed by atoms with E-state index in [2.05, 4.69) is 36.4 Å². The molecule has 0 spiro atoms. The van der Waals surface area contributed by atoms with E-state index in [0.29, 0.717) is 0 Å². The molecule has 0 aromatic heterocycles. The lowest BCUT2D eigenvalue weighted by Crippen LogP contribution is -2.33. The summed E-state index contributed by atoms with van der Waals surface area (Å²) in [4.78, 5) is 0. The fourth-order valence-electron chi connectivity index (χ4n) is 3.15. The molecule has 2 aromatic rings. The molecule has 0 aliphatic heterocycles. The molecule has 0 saturated heterocycles. The summed E-state index contributed by atoms with van der Waals surface area (Å²) < 4.78 is 0. The van der Waals surface area contributed by atoms with Gasteiger partial charge in [-0.1, -0.05) is 48.0 Å². The Morgan fingerprint density at radius 2 is 1.53 bits per heavy atom. The molecule has 3 rings (SSSR count). The van der Waals surface area contributed by atoms with Crippen LogP contribution in [0.4, 0.5) is 0 Å². The fourth-order valence-corrected chi connectivity index (χ4v) is 3.28. The maximum absolute atomic E-state index is 6.10. The number of hydrogen-bond acceptors (Lipinski definition) is 1. The molecule has 1 aliphatic carbocycles. The third-order valence-corrected chi connectivity index (χ3v) is 4.43. The molecule has 98 valence electrons. The van der Waals surface area contributed by atoms with Crippen molar-refractivity contribution in [2.75, 3.05) is 6.54 Å². The number of benzene rings is 2. The van der Waals surface area contributed by atoms with Gasteiger partial charge in [0.25, 0.3) is 0 Å². The van der Waals surface area contributed by atoms with Crippen LogP contribution in [0.5, 0.6) is 0 Å². The van der Waals surface area contributed by atoms with Crippen LogP contribution in [0.15, 0.2) is 48.5 Å². The highest BCUT2D eigenvalue weighted by atomic mass is 35.5. The quantitative estimate of drug-likeness (QED) is 0.906. The molecule has 0 bridgehead atoms. The van der Waals surface area contributed by atoms with Crippen molar-refractivity contribution in [2.45, 2.75) is 19.3 Å². The van der Waals surface area contributed by atoms with Crippen molar-refractivity contribution in [1.29, 1.82) is 0 Å². The van der Waals surface area contributed by atoms with Gasteiger partial charge in [0.05, 0.1) is 0 Å². The number of halogens is 1. The van der Waals surface area contributed by atoms with E-state index in [1.165, 1.54) is 16.7 Å². The van der Waals surface area contributed by atoms with Crippen LogP contribution in [0.25, 0.3) is 0 Å². The van der Waals surface area contributed by atoms with E-state index >= 15 is 0 Å². The van der Waals surface area contributed by atoms with Gasteiger partial charge in [0.15, 0.2) is 0 Å². The van der Waals surface area contributed by atoms with Crippen LogP contribution in [-0.4, -0.2) is 6.54 Å². The highest BCUT2D eigenvalue weighted by Gasteiger charge is 2.35. The molecule has 1 aliphatic rings. The third kappa shape index (κ3) is 2.54. The van der Waals surface area contributed by atoms with Crippen LogP contribution in [0.1, 0.15) is 16.7 Å². The van der Waals surface area contributed by atoms with Crippen LogP contribution in [0, 0.1) is 5.41 Å². The highest BCUT2D eigenvalue weighted by molar-refractivity contribution is 6.30. The van der Waals surface area contributed by atoms with Crippen molar-refractivity contribution in [1.82, 2.24) is 0 Å². The summed E-state index contributed by atoms with van der Waals surface area (Å²) in [6.45, 7) is 0.726. The molecular formula is C17H18ClN. The first-order chi connectivity index (χ1) is 9.21. The average molecular weight is 272 g/mol. The van der Waals surface area contributed by atoms with Gasteiger partial charge in [-0.25, -0.2) is 0 Å². The van der Waals surface area contributed by atoms with Crippen molar-refractivity contribution < 1.29 is 0 Å². The monoisotopic (exact) mass is 271 g/mol. The van der Waals surface area contributed by atoms with Crippen molar-refractivity contribution in [3.63, 3.8) is 0 Å². The maximum Gasteiger partial charge on any atom is 0.0406 e. The van der Waals surface area contributed by atoms with Gasteiger partial charge in [0.1, 0.15) is 0 Å². The first-order valence-electron chi connectivity index (χ1n) is 6.72. The maximum atomic E-state index is 6.10. The summed E-state index contributed by atoms with van der Waals surface area (Å²) in [5, 5.41) is 0.792. The molecule has 19 heavy (non-hydrogen) atoms. The van der Waals surface area contributed by atoms with Gasteiger partial charge in [-0.3, -0.25) is 0 Å². The Hall–Kier alpha value is -1.31. The van der Waals surface area contributed by atoms with Gasteiger partial charge in [-0.2, -0.15) is 0 Å². The van der Waals surface area contributed by atoms with E-state index in [9.17, 15) is 0 Å². The lowest BCUT2D eigenvalue weighted by Gasteiger charge is -2.27. The molecule has 0 heterocycles. The highest BCUT2D eigenvalue weighted by Crippen LogP contribution is 2.38. The van der Waals surface area contributed by atoms with E-state index in [0.717, 1.165) is 30.8 Å². The van der Waals surface area contributed by atoms with Crippen LogP contribution in [-0.2, 0) is 19.3 Å². The van der Waals surface area contributed by atoms with Crippen molar-refractivity contribution in [3.8, 4) is 0 Å². The number of rotatable bonds is 3. The molecule has 0 fully saturated rings. The largest absolute Gasteiger partial charge is 0.330 e. The van der Waals surface area contributed by atoms with E-state index in [1.54, 1.807) is 0 Å². The predicted octanol–water partition coefficient (Wildman–Crippen LogP) is 3.63. The Bertz CT molecular complexity index is 549. The molecule has 1 nitrogen and oxygen atoms in total. The zero-order valence-corrected chi connectivity index (χ0v) is 11.7. The second kappa shape index (κ2) is 4.99. The minimum absolute atomic E-state index is 0.178. The first-order valence-corrected chi connectivity index (χ1v) is 7.10. The lowest BCUT2D eigenvalue weighted by molar-refractivity contribution is 0.315. The molecule has 0 amide bonds. The topological polar surface area (TPSA) is 26.0 Å². The molecule has 0 radical (unpaired) electrons. The summed E-state index contributed by atoms with van der Waals surface area (Å²) >= 11 is 5.95. The number of nitrogens with two attached hydrogens (primary N) is 1. The van der Waals surface area contributed by atoms with Gasteiger partial charge in [-0.15, -0.1) is 0 Å². The van der Waals surface area contributed by atoms with Crippen molar-refractivity contribution in [2.24, 2.45) is 11.1 Å². The van der Waals surface area contributed by atoms with Crippen LogP contribution < -0.4 is 5.73 Å². The van der Waals surface area contributed by atoms with Gasteiger partial charge in [-0.05, 0) is 60.0 Å². The van der Waals surface area contributed by atoms with Gasteiger partial charge in [0.2, 0.25) is 0 Å². The summed E-state index contributed by atoms with van der Waals surface area (Å²) in [6.07, 6.45) is 3.19. The van der Waals surface area contributed by atoms with Crippen LogP contribution in [0.2, 0.25) is 5.02 Å². The molecule has 0 unspecified atom stereocenters. The zero-order chi connectivity index (χ0) is 13.3. The van der Waals surface area contributed by atoms with E-state index < -0.39 is 0 Å². The molecule has 2 heteroatoms. The summed E-state index contributed by atoms with van der Waals surface area (Å²) in [5.41, 5.74) is 10.5. The standard InChI is InChI=1S/C17H18ClN/c18-16-7-5-13(6-8-16)9-17(12-19)10-14-3-1-2-4-15(14)11-17/h1-8H,9-12,19H2. The molecule has 0 atom stereocenters. The lowest BCUT2D eigenvalue weighted by atomic mass is 9.79. The molecule has 0 saturated carbocycles. The number of fused-ring (bicyclic) bond motifs is 1. The minimum Gasteiger partial charge on any atom is -0.330 e. The summed E-state index contributed by atoms with van der Waals surface area (Å²) in [5.74, 6) is 0. The van der Waals surface area contributed by atoms with Gasteiger partial charge < -0.3 is 5.73 Å². The molecular weight excluding hydrogens is 254 g/mol. The Balaban J connectivity index is 1.84. The number of hydrogen-bond donors (Lipinski definition) is 1. The third-order valence-electron chi connectivity index (χ3n) is 4.17. The second-order valence-corrected chi connectivity index (χ2v) is 6.07. The van der Waals surface area contributed by atoms with Gasteiger partial charge in [0, 0.05) is 5.02 Å². The molecule has 2 aromatic carbocycles. The van der Waals surface area contributed by atoms with Crippen molar-refractivity contribution in [3.05, 3.63) is 70.2 Å². The Morgan fingerprint density at radius 3 is 2.05 bits per heavy atom. The molecule has 2 N–H and O–H groups in total. The smallest absolute Gasteiger partial charge is 0.0406 e. The summed E-state index contributed by atoms with van der Waals surface area (Å²) in [6, 6.07) is 16.8. The average Bonchev–Trinajstić information content (AvgIpc) is 2.80. The Labute approximate surface area is 119 Å². The normalized spacial score (nSPS) is 16.3. The van der Waals surface area contributed by atoms with Gasteiger partial charge >= 0.3 is 0 Å². The van der Waals surface area contributed by atoms with E-state index in [1.807, 2.05) is 12.1 Å². The van der Waals surface area contributed by atoms with Crippen LogP contribution >= 0.6 is 11.6 Å². The zero-order valence-electron chi connectivity index (χ0n) is 10.9. The SMILES string of the molecule is NCC1(Cc2ccc(Cl)cc2)Cc2ccccc2C1. The van der Waals surface area contributed by atoms with E-state index in [-0.39, 0.29) is 5.41 Å². The second-order valence-electron chi connectivity index (χ2n) is 5.63.